The maximum Gasteiger partial charge on any atom is 0.262 e. The molecule has 0 aliphatic heterocycles. The molecule has 0 saturated carbocycles. The molecule has 7 nitrogen and oxygen atoms in total. The van der Waals surface area contributed by atoms with Gasteiger partial charge in [0, 0.05) is 0 Å². The van der Waals surface area contributed by atoms with E-state index in [0.29, 0.717) is 11.5 Å². The second kappa shape index (κ2) is 7.07. The highest BCUT2D eigenvalue weighted by Gasteiger charge is 2.11. The van der Waals surface area contributed by atoms with E-state index in [9.17, 15) is 10.1 Å². The summed E-state index contributed by atoms with van der Waals surface area (Å²) >= 11 is 0. The second-order valence-corrected chi connectivity index (χ2v) is 4.83. The molecule has 0 aliphatic rings. The van der Waals surface area contributed by atoms with E-state index < -0.39 is 5.91 Å². The normalized spacial score (nSPS) is 11.0. The molecule has 24 heavy (non-hydrogen) atoms. The van der Waals surface area contributed by atoms with Crippen molar-refractivity contribution in [3.8, 4) is 11.8 Å². The van der Waals surface area contributed by atoms with E-state index in [4.69, 9.17) is 4.42 Å². The van der Waals surface area contributed by atoms with Crippen molar-refractivity contribution in [1.29, 1.82) is 5.26 Å². The molecule has 1 N–H and O–H groups in total. The molecule has 0 unspecified atom stereocenters. The monoisotopic (exact) mass is 319 g/mol. The lowest BCUT2D eigenvalue weighted by Crippen LogP contribution is -2.23. The van der Waals surface area contributed by atoms with Gasteiger partial charge in [-0.2, -0.15) is 15.2 Å². The van der Waals surface area contributed by atoms with Gasteiger partial charge in [0.25, 0.3) is 5.91 Å². The Labute approximate surface area is 137 Å². The fourth-order valence-corrected chi connectivity index (χ4v) is 2.00. The van der Waals surface area contributed by atoms with E-state index in [1.807, 2.05) is 36.4 Å². The van der Waals surface area contributed by atoms with E-state index in [1.165, 1.54) is 23.3 Å². The Morgan fingerprint density at radius 2 is 2.12 bits per heavy atom. The minimum absolute atomic E-state index is 0.0540. The van der Waals surface area contributed by atoms with Gasteiger partial charge in [-0.15, -0.1) is 5.10 Å². The second-order valence-electron chi connectivity index (χ2n) is 4.83. The van der Waals surface area contributed by atoms with Crippen molar-refractivity contribution >= 4 is 12.0 Å². The number of hydrogen-bond donors (Lipinski definition) is 1. The Balaban J connectivity index is 1.72. The van der Waals surface area contributed by atoms with Crippen LogP contribution in [0.15, 0.2) is 64.9 Å². The van der Waals surface area contributed by atoms with Crippen molar-refractivity contribution < 1.29 is 9.21 Å². The maximum absolute atomic E-state index is 12.1. The van der Waals surface area contributed by atoms with Gasteiger partial charge in [-0.3, -0.25) is 4.79 Å². The molecule has 2 heterocycles. The van der Waals surface area contributed by atoms with Gasteiger partial charge in [0.15, 0.2) is 0 Å². The zero-order chi connectivity index (χ0) is 16.8. The van der Waals surface area contributed by atoms with Gasteiger partial charge in [0.05, 0.1) is 24.7 Å². The van der Waals surface area contributed by atoms with Crippen LogP contribution in [0.4, 0.5) is 0 Å². The molecule has 7 heteroatoms. The summed E-state index contributed by atoms with van der Waals surface area (Å²) in [6, 6.07) is 14.7. The largest absolute Gasteiger partial charge is 0.467 e. The molecule has 3 rings (SSSR count). The first kappa shape index (κ1) is 15.2. The summed E-state index contributed by atoms with van der Waals surface area (Å²) in [6.45, 7) is 0.210. The highest BCUT2D eigenvalue weighted by atomic mass is 16.3. The van der Waals surface area contributed by atoms with Crippen LogP contribution in [0.1, 0.15) is 11.5 Å². The lowest BCUT2D eigenvalue weighted by atomic mass is 10.2. The molecule has 0 radical (unpaired) electrons. The van der Waals surface area contributed by atoms with Gasteiger partial charge in [-0.1, -0.05) is 18.2 Å². The Kier molecular flexibility index (Phi) is 4.49. The number of hydrogen-bond acceptors (Lipinski definition) is 5. The van der Waals surface area contributed by atoms with Crippen LogP contribution in [0, 0.1) is 11.3 Å². The summed E-state index contributed by atoms with van der Waals surface area (Å²) < 4.78 is 5.13. The van der Waals surface area contributed by atoms with Crippen LogP contribution in [0.25, 0.3) is 11.8 Å². The molecule has 2 aromatic heterocycles. The van der Waals surface area contributed by atoms with Crippen LogP contribution in [-0.4, -0.2) is 20.9 Å². The number of amides is 1. The minimum atomic E-state index is -0.497. The van der Waals surface area contributed by atoms with Crippen LogP contribution >= 0.6 is 0 Å². The van der Waals surface area contributed by atoms with Gasteiger partial charge >= 0.3 is 0 Å². The molecule has 3 aromatic rings. The summed E-state index contributed by atoms with van der Waals surface area (Å²) in [5.41, 5.74) is 1.16. The predicted molar refractivity (Wildman–Crippen MR) is 85.5 cm³/mol. The SMILES string of the molecule is N#C/C(=C/c1cnn(-c2ccccc2)n1)C(=O)NCc1ccco1. The van der Waals surface area contributed by atoms with Crippen molar-refractivity contribution in [2.45, 2.75) is 6.54 Å². The molecule has 1 amide bonds. The molecule has 0 atom stereocenters. The number of aromatic nitrogens is 3. The van der Waals surface area contributed by atoms with Crippen LogP contribution < -0.4 is 5.32 Å². The highest BCUT2D eigenvalue weighted by molar-refractivity contribution is 6.01. The van der Waals surface area contributed by atoms with E-state index in [2.05, 4.69) is 15.5 Å². The quantitative estimate of drug-likeness (QED) is 0.573. The molecule has 0 aliphatic carbocycles. The maximum atomic E-state index is 12.1. The number of para-hydroxylation sites is 1. The van der Waals surface area contributed by atoms with Gasteiger partial charge in [0.2, 0.25) is 0 Å². The van der Waals surface area contributed by atoms with E-state index in [0.717, 1.165) is 5.69 Å². The fraction of sp³-hybridized carbons (Fsp3) is 0.0588. The van der Waals surface area contributed by atoms with Crippen LogP contribution in [0.3, 0.4) is 0 Å². The highest BCUT2D eigenvalue weighted by Crippen LogP contribution is 2.08. The summed E-state index contributed by atoms with van der Waals surface area (Å²) in [5, 5.41) is 20.2. The van der Waals surface area contributed by atoms with Crippen molar-refractivity contribution in [2.75, 3.05) is 0 Å². The molecule has 0 spiro atoms. The molecule has 1 aromatic carbocycles. The van der Waals surface area contributed by atoms with Gasteiger partial charge in [-0.25, -0.2) is 0 Å². The number of carbonyl (C=O) groups excluding carboxylic acids is 1. The first-order valence-electron chi connectivity index (χ1n) is 7.16. The van der Waals surface area contributed by atoms with Gasteiger partial charge in [-0.05, 0) is 30.3 Å². The molecule has 0 saturated heterocycles. The average Bonchev–Trinajstić information content (AvgIpc) is 3.30. The summed E-state index contributed by atoms with van der Waals surface area (Å²) in [5.74, 6) is 0.110. The molecular formula is C17H13N5O2. The van der Waals surface area contributed by atoms with E-state index in [1.54, 1.807) is 12.1 Å². The number of furan rings is 1. The van der Waals surface area contributed by atoms with Crippen molar-refractivity contribution in [3.63, 3.8) is 0 Å². The number of nitrogens with zero attached hydrogens (tertiary/aromatic N) is 4. The Hall–Kier alpha value is -3.66. The number of carbonyl (C=O) groups is 1. The third-order valence-corrected chi connectivity index (χ3v) is 3.16. The summed E-state index contributed by atoms with van der Waals surface area (Å²) in [6.07, 6.45) is 4.40. The lowest BCUT2D eigenvalue weighted by molar-refractivity contribution is -0.117. The lowest BCUT2D eigenvalue weighted by Gasteiger charge is -2.01. The molecule has 0 bridgehead atoms. The predicted octanol–water partition coefficient (Wildman–Crippen LogP) is 2.08. The van der Waals surface area contributed by atoms with Gasteiger partial charge in [0.1, 0.15) is 23.1 Å². The standard InChI is InChI=1S/C17H13N5O2/c18-10-13(17(23)19-12-16-7-4-8-24-16)9-14-11-20-22(21-14)15-5-2-1-3-6-15/h1-9,11H,12H2,(H,19,23)/b13-9-. The smallest absolute Gasteiger partial charge is 0.262 e. The topological polar surface area (TPSA) is 96.7 Å². The van der Waals surface area contributed by atoms with Crippen LogP contribution in [0.2, 0.25) is 0 Å². The zero-order valence-electron chi connectivity index (χ0n) is 12.6. The molecule has 0 fully saturated rings. The third kappa shape index (κ3) is 3.56. The number of rotatable bonds is 5. The average molecular weight is 319 g/mol. The van der Waals surface area contributed by atoms with Gasteiger partial charge < -0.3 is 9.73 Å². The van der Waals surface area contributed by atoms with Crippen LogP contribution in [-0.2, 0) is 11.3 Å². The van der Waals surface area contributed by atoms with E-state index >= 15 is 0 Å². The van der Waals surface area contributed by atoms with Crippen LogP contribution in [0.5, 0.6) is 0 Å². The zero-order valence-corrected chi connectivity index (χ0v) is 12.6. The first-order chi connectivity index (χ1) is 11.8. The Bertz CT molecular complexity index is 889. The third-order valence-electron chi connectivity index (χ3n) is 3.16. The van der Waals surface area contributed by atoms with E-state index in [-0.39, 0.29) is 12.1 Å². The number of nitrogens with one attached hydrogen (secondary N) is 1. The van der Waals surface area contributed by atoms with Crippen molar-refractivity contribution in [1.82, 2.24) is 20.3 Å². The fourth-order valence-electron chi connectivity index (χ4n) is 2.00. The number of nitriles is 1. The van der Waals surface area contributed by atoms with Crippen molar-refractivity contribution in [3.05, 3.63) is 72.0 Å². The Morgan fingerprint density at radius 1 is 1.29 bits per heavy atom. The van der Waals surface area contributed by atoms with Crippen molar-refractivity contribution in [2.24, 2.45) is 0 Å². The molecular weight excluding hydrogens is 306 g/mol. The minimum Gasteiger partial charge on any atom is -0.467 e. The number of benzene rings is 1. The molecule has 118 valence electrons. The summed E-state index contributed by atoms with van der Waals surface area (Å²) in [4.78, 5) is 13.5. The first-order valence-corrected chi connectivity index (χ1v) is 7.16. The summed E-state index contributed by atoms with van der Waals surface area (Å²) in [7, 11) is 0. The Morgan fingerprint density at radius 3 is 2.83 bits per heavy atom.